The van der Waals surface area contributed by atoms with E-state index in [2.05, 4.69) is 52.6 Å². The highest BCUT2D eigenvalue weighted by Gasteiger charge is 2.68. The Hall–Kier alpha value is -1.02. The van der Waals surface area contributed by atoms with Crippen molar-refractivity contribution in [1.29, 1.82) is 0 Å². The second kappa shape index (κ2) is 4.78. The lowest BCUT2D eigenvalue weighted by atomic mass is 9.35. The lowest BCUT2D eigenvalue weighted by molar-refractivity contribution is -0.154. The van der Waals surface area contributed by atoms with Crippen LogP contribution in [0.25, 0.3) is 0 Å². The number of hydrogen-bond donors (Lipinski definition) is 1. The molecule has 132 valence electrons. The topological polar surface area (TPSA) is 23.5 Å². The van der Waals surface area contributed by atoms with Gasteiger partial charge < -0.3 is 10.0 Å². The van der Waals surface area contributed by atoms with E-state index in [4.69, 9.17) is 0 Å². The van der Waals surface area contributed by atoms with Crippen molar-refractivity contribution in [3.63, 3.8) is 0 Å². The van der Waals surface area contributed by atoms with Crippen LogP contribution in [0, 0.1) is 23.7 Å². The van der Waals surface area contributed by atoms with Gasteiger partial charge in [-0.1, -0.05) is 33.8 Å². The number of aromatic hydroxyl groups is 1. The van der Waals surface area contributed by atoms with Gasteiger partial charge in [0.1, 0.15) is 5.75 Å². The first kappa shape index (κ1) is 16.4. The molecule has 1 N–H and O–H groups in total. The average Bonchev–Trinajstić information content (AvgIpc) is 2.51. The zero-order chi connectivity index (χ0) is 17.5. The molecule has 1 aromatic rings. The number of hydrogen-bond acceptors (Lipinski definition) is 2. The molecule has 0 aromatic heterocycles. The molecule has 24 heavy (non-hydrogen) atoms. The van der Waals surface area contributed by atoms with Gasteiger partial charge in [-0.25, -0.2) is 0 Å². The van der Waals surface area contributed by atoms with Gasteiger partial charge in [0.15, 0.2) is 0 Å². The summed E-state index contributed by atoms with van der Waals surface area (Å²) in [6.07, 6.45) is 4.98. The Kier molecular flexibility index (Phi) is 3.28. The third-order valence-electron chi connectivity index (χ3n) is 8.87. The van der Waals surface area contributed by atoms with Crippen molar-refractivity contribution >= 4 is 0 Å². The maximum Gasteiger partial charge on any atom is 0.118 e. The Morgan fingerprint density at radius 3 is 2.58 bits per heavy atom. The third kappa shape index (κ3) is 1.62. The Morgan fingerprint density at radius 1 is 1.17 bits per heavy atom. The first-order chi connectivity index (χ1) is 11.2. The number of likely N-dealkylation sites (tertiary alicyclic amines) is 1. The molecule has 2 unspecified atom stereocenters. The lowest BCUT2D eigenvalue weighted by Gasteiger charge is -2.72. The highest BCUT2D eigenvalue weighted by atomic mass is 16.3. The first-order valence-corrected chi connectivity index (χ1v) is 9.69. The number of benzene rings is 1. The van der Waals surface area contributed by atoms with E-state index in [1.54, 1.807) is 0 Å². The predicted molar refractivity (Wildman–Crippen MR) is 99.5 cm³/mol. The van der Waals surface area contributed by atoms with Crippen molar-refractivity contribution in [3.8, 4) is 5.75 Å². The van der Waals surface area contributed by atoms with Crippen LogP contribution >= 0.6 is 0 Å². The number of fused-ring (bicyclic) bond motifs is 1. The van der Waals surface area contributed by atoms with E-state index in [1.807, 2.05) is 6.07 Å². The molecule has 0 amide bonds. The van der Waals surface area contributed by atoms with Crippen molar-refractivity contribution in [2.24, 2.45) is 16.7 Å². The minimum absolute atomic E-state index is 0.172. The summed E-state index contributed by atoms with van der Waals surface area (Å²) < 4.78 is 0. The largest absolute Gasteiger partial charge is 0.508 e. The van der Waals surface area contributed by atoms with E-state index in [9.17, 15) is 5.11 Å². The fraction of sp³-hybridized carbons (Fsp3) is 0.727. The van der Waals surface area contributed by atoms with Crippen LogP contribution in [0.2, 0.25) is 0 Å². The van der Waals surface area contributed by atoms with E-state index < -0.39 is 0 Å². The number of rotatable bonds is 0. The van der Waals surface area contributed by atoms with E-state index >= 15 is 0 Å². The van der Waals surface area contributed by atoms with Crippen LogP contribution < -0.4 is 0 Å². The summed E-state index contributed by atoms with van der Waals surface area (Å²) in [4.78, 5) is 2.62. The fourth-order valence-electron chi connectivity index (χ4n) is 7.14. The molecule has 1 aliphatic heterocycles. The van der Waals surface area contributed by atoms with Crippen LogP contribution in [0.3, 0.4) is 0 Å². The quantitative estimate of drug-likeness (QED) is 0.749. The van der Waals surface area contributed by atoms with Gasteiger partial charge in [-0.05, 0) is 85.7 Å². The van der Waals surface area contributed by atoms with Crippen LogP contribution in [0.1, 0.15) is 63.6 Å². The number of nitrogens with zero attached hydrogens (tertiary/aromatic N) is 1. The van der Waals surface area contributed by atoms with Gasteiger partial charge in [-0.15, -0.1) is 0 Å². The standard InChI is InChI=1S/C22H33NO/c1-14-9-10-21(5)18-13-16-7-8-17(24)15(2)19(16)22(21,20(14,3)4)11-12-23(18)6/h7-8,14,18,24H,9-13H2,1-6H3/t14?,18-,21?,22-/m0/s1. The van der Waals surface area contributed by atoms with Crippen LogP contribution in [0.4, 0.5) is 0 Å². The van der Waals surface area contributed by atoms with E-state index in [1.165, 1.54) is 36.9 Å². The monoisotopic (exact) mass is 327 g/mol. The molecule has 1 saturated carbocycles. The average molecular weight is 328 g/mol. The van der Waals surface area contributed by atoms with Crippen molar-refractivity contribution < 1.29 is 5.11 Å². The van der Waals surface area contributed by atoms with Gasteiger partial charge in [0.05, 0.1) is 0 Å². The van der Waals surface area contributed by atoms with Gasteiger partial charge in [-0.2, -0.15) is 0 Å². The molecule has 1 saturated heterocycles. The van der Waals surface area contributed by atoms with Crippen LogP contribution in [0.15, 0.2) is 12.1 Å². The molecule has 2 aliphatic carbocycles. The molecule has 0 spiro atoms. The molecular formula is C22H33NO. The molecule has 2 nitrogen and oxygen atoms in total. The second-order valence-electron chi connectivity index (χ2n) is 9.68. The molecule has 4 atom stereocenters. The number of phenols is 1. The van der Waals surface area contributed by atoms with Crippen LogP contribution in [0.5, 0.6) is 5.75 Å². The zero-order valence-electron chi connectivity index (χ0n) is 16.2. The van der Waals surface area contributed by atoms with Crippen molar-refractivity contribution in [3.05, 3.63) is 28.8 Å². The maximum absolute atomic E-state index is 10.5. The molecule has 2 bridgehead atoms. The summed E-state index contributed by atoms with van der Waals surface area (Å²) in [5.41, 5.74) is 4.84. The number of phenolic OH excluding ortho intramolecular Hbond substituents is 1. The molecule has 2 heteroatoms. The Morgan fingerprint density at radius 2 is 1.88 bits per heavy atom. The van der Waals surface area contributed by atoms with Gasteiger partial charge >= 0.3 is 0 Å². The van der Waals surface area contributed by atoms with Crippen molar-refractivity contribution in [2.45, 2.75) is 71.8 Å². The van der Waals surface area contributed by atoms with E-state index in [0.29, 0.717) is 23.1 Å². The summed E-state index contributed by atoms with van der Waals surface area (Å²) >= 11 is 0. The summed E-state index contributed by atoms with van der Waals surface area (Å²) in [7, 11) is 2.32. The molecule has 2 fully saturated rings. The van der Waals surface area contributed by atoms with Crippen LogP contribution in [-0.4, -0.2) is 29.6 Å². The van der Waals surface area contributed by atoms with Crippen molar-refractivity contribution in [1.82, 2.24) is 4.90 Å². The summed E-state index contributed by atoms with van der Waals surface area (Å²) in [5, 5.41) is 10.5. The van der Waals surface area contributed by atoms with Gasteiger partial charge in [-0.3, -0.25) is 0 Å². The smallest absolute Gasteiger partial charge is 0.118 e. The highest BCUT2D eigenvalue weighted by Crippen LogP contribution is 2.70. The van der Waals surface area contributed by atoms with Gasteiger partial charge in [0, 0.05) is 11.5 Å². The van der Waals surface area contributed by atoms with Crippen molar-refractivity contribution in [2.75, 3.05) is 13.6 Å². The van der Waals surface area contributed by atoms with E-state index in [-0.39, 0.29) is 10.8 Å². The SMILES string of the molecule is Cc1c(O)ccc2c1[C@]13CCN(C)[C@@H](C2)C1(C)CCC(C)C3(C)C. The molecule has 3 aliphatic rings. The zero-order valence-corrected chi connectivity index (χ0v) is 16.2. The van der Waals surface area contributed by atoms with Gasteiger partial charge in [0.2, 0.25) is 0 Å². The fourth-order valence-corrected chi connectivity index (χ4v) is 7.14. The minimum Gasteiger partial charge on any atom is -0.508 e. The molecule has 1 aromatic carbocycles. The second-order valence-corrected chi connectivity index (χ2v) is 9.68. The predicted octanol–water partition coefficient (Wildman–Crippen LogP) is 4.66. The summed E-state index contributed by atoms with van der Waals surface area (Å²) in [6, 6.07) is 4.75. The minimum atomic E-state index is 0.172. The van der Waals surface area contributed by atoms with Crippen LogP contribution in [-0.2, 0) is 11.8 Å². The first-order valence-electron chi connectivity index (χ1n) is 9.69. The number of likely N-dealkylation sites (N-methyl/N-ethyl adjacent to an activating group) is 1. The molecule has 4 rings (SSSR count). The Balaban J connectivity index is 2.10. The van der Waals surface area contributed by atoms with Gasteiger partial charge in [0.25, 0.3) is 0 Å². The van der Waals surface area contributed by atoms with E-state index in [0.717, 1.165) is 12.0 Å². The Labute approximate surface area is 147 Å². The Bertz CT molecular complexity index is 693. The normalized spacial score (nSPS) is 40.8. The summed E-state index contributed by atoms with van der Waals surface area (Å²) in [6.45, 7) is 13.4. The molecule has 1 heterocycles. The molecular weight excluding hydrogens is 294 g/mol. The number of piperidine rings is 1. The third-order valence-corrected chi connectivity index (χ3v) is 8.87. The lowest BCUT2D eigenvalue weighted by Crippen LogP contribution is -2.72. The maximum atomic E-state index is 10.5. The highest BCUT2D eigenvalue weighted by molar-refractivity contribution is 5.54. The molecule has 0 radical (unpaired) electrons. The summed E-state index contributed by atoms with van der Waals surface area (Å²) in [5.74, 6) is 1.19.